The third-order valence-corrected chi connectivity index (χ3v) is 4.51. The molecule has 1 aliphatic rings. The van der Waals surface area contributed by atoms with Gasteiger partial charge in [0, 0.05) is 45.8 Å². The highest BCUT2D eigenvalue weighted by molar-refractivity contribution is 14.0. The maximum atomic E-state index is 13.2. The number of aryl methyl sites for hydroxylation is 1. The first-order valence-electron chi connectivity index (χ1n) is 9.69. The Kier molecular flexibility index (Phi) is 11.4. The lowest BCUT2D eigenvalue weighted by atomic mass is 10.1. The molecule has 0 radical (unpaired) electrons. The number of piperazine rings is 1. The molecule has 1 aromatic rings. The Morgan fingerprint density at radius 1 is 1.25 bits per heavy atom. The van der Waals surface area contributed by atoms with Crippen molar-refractivity contribution in [2.45, 2.75) is 32.7 Å². The van der Waals surface area contributed by atoms with E-state index in [1.54, 1.807) is 19.2 Å². The number of hydrogen-bond donors (Lipinski definition) is 2. The highest BCUT2D eigenvalue weighted by Gasteiger charge is 2.21. The lowest BCUT2D eigenvalue weighted by Crippen LogP contribution is -2.54. The molecule has 0 aromatic heterocycles. The number of benzene rings is 1. The largest absolute Gasteiger partial charge is 0.356 e. The van der Waals surface area contributed by atoms with Crippen molar-refractivity contribution in [2.24, 2.45) is 4.99 Å². The van der Waals surface area contributed by atoms with Gasteiger partial charge in [0.05, 0.1) is 6.54 Å². The Labute approximate surface area is 185 Å². The Hall–Kier alpha value is -1.42. The van der Waals surface area contributed by atoms with E-state index >= 15 is 0 Å². The molecule has 2 N–H and O–H groups in total. The van der Waals surface area contributed by atoms with E-state index in [4.69, 9.17) is 0 Å². The van der Waals surface area contributed by atoms with Crippen LogP contribution in [0.3, 0.4) is 0 Å². The number of aliphatic imine (C=N–C) groups is 1. The van der Waals surface area contributed by atoms with E-state index in [1.165, 1.54) is 6.07 Å². The Bertz CT molecular complexity index is 633. The van der Waals surface area contributed by atoms with E-state index < -0.39 is 0 Å². The van der Waals surface area contributed by atoms with Crippen molar-refractivity contribution in [3.05, 3.63) is 35.6 Å². The van der Waals surface area contributed by atoms with E-state index in [1.807, 2.05) is 19.9 Å². The summed E-state index contributed by atoms with van der Waals surface area (Å²) in [4.78, 5) is 20.6. The molecule has 0 atom stereocenters. The normalized spacial score (nSPS) is 15.3. The van der Waals surface area contributed by atoms with Crippen LogP contribution in [-0.2, 0) is 11.2 Å². The summed E-state index contributed by atoms with van der Waals surface area (Å²) >= 11 is 0. The minimum atomic E-state index is -0.184. The highest BCUT2D eigenvalue weighted by Crippen LogP contribution is 2.06. The number of nitrogens with one attached hydrogen (secondary N) is 2. The number of carbonyl (C=O) groups excluding carboxylic acids is 1. The van der Waals surface area contributed by atoms with E-state index in [0.717, 1.165) is 57.1 Å². The molecule has 158 valence electrons. The molecule has 1 amide bonds. The van der Waals surface area contributed by atoms with Crippen LogP contribution < -0.4 is 10.6 Å². The molecule has 2 rings (SSSR count). The first kappa shape index (κ1) is 24.6. The number of carbonyl (C=O) groups is 1. The predicted molar refractivity (Wildman–Crippen MR) is 123 cm³/mol. The number of amides is 1. The molecule has 1 heterocycles. The van der Waals surface area contributed by atoms with Gasteiger partial charge in [0.2, 0.25) is 5.91 Å². The minimum Gasteiger partial charge on any atom is -0.356 e. The molecule has 1 fully saturated rings. The fraction of sp³-hybridized carbons (Fsp3) is 0.600. The van der Waals surface area contributed by atoms with Crippen LogP contribution in [0.25, 0.3) is 0 Å². The average Bonchev–Trinajstić information content (AvgIpc) is 2.62. The molecule has 0 unspecified atom stereocenters. The first-order chi connectivity index (χ1) is 13.0. The molecular formula is C20H33FIN5O. The topological polar surface area (TPSA) is 60.0 Å². The molecule has 1 aliphatic heterocycles. The summed E-state index contributed by atoms with van der Waals surface area (Å²) in [5, 5.41) is 6.32. The van der Waals surface area contributed by atoms with Gasteiger partial charge in [0.15, 0.2) is 5.96 Å². The van der Waals surface area contributed by atoms with Crippen molar-refractivity contribution >= 4 is 35.8 Å². The van der Waals surface area contributed by atoms with Crippen LogP contribution in [0.15, 0.2) is 29.3 Å². The number of rotatable bonds is 7. The van der Waals surface area contributed by atoms with E-state index in [2.05, 4.69) is 25.4 Å². The van der Waals surface area contributed by atoms with Gasteiger partial charge in [-0.2, -0.15) is 0 Å². The minimum absolute atomic E-state index is 0. The smallest absolute Gasteiger partial charge is 0.234 e. The molecule has 8 heteroatoms. The van der Waals surface area contributed by atoms with Crippen molar-refractivity contribution in [1.82, 2.24) is 20.4 Å². The molecule has 0 aliphatic carbocycles. The van der Waals surface area contributed by atoms with Crippen LogP contribution in [0, 0.1) is 5.82 Å². The number of hydrogen-bond acceptors (Lipinski definition) is 3. The lowest BCUT2D eigenvalue weighted by molar-refractivity contribution is -0.123. The molecule has 6 nitrogen and oxygen atoms in total. The molecular weight excluding hydrogens is 472 g/mol. The lowest BCUT2D eigenvalue weighted by Gasteiger charge is -2.36. The van der Waals surface area contributed by atoms with E-state index in [0.29, 0.717) is 6.54 Å². The third-order valence-electron chi connectivity index (χ3n) is 4.51. The van der Waals surface area contributed by atoms with Crippen molar-refractivity contribution < 1.29 is 9.18 Å². The van der Waals surface area contributed by atoms with Gasteiger partial charge in [-0.05, 0) is 44.4 Å². The summed E-state index contributed by atoms with van der Waals surface area (Å²) < 4.78 is 13.2. The fourth-order valence-corrected chi connectivity index (χ4v) is 3.21. The fourth-order valence-electron chi connectivity index (χ4n) is 3.21. The predicted octanol–water partition coefficient (Wildman–Crippen LogP) is 2.09. The maximum Gasteiger partial charge on any atom is 0.234 e. The molecule has 1 saturated heterocycles. The summed E-state index contributed by atoms with van der Waals surface area (Å²) in [5.41, 5.74) is 1.01. The third kappa shape index (κ3) is 8.72. The zero-order valence-electron chi connectivity index (χ0n) is 17.1. The van der Waals surface area contributed by atoms with Gasteiger partial charge in [0.25, 0.3) is 0 Å². The quantitative estimate of drug-likeness (QED) is 0.258. The Balaban J connectivity index is 0.00000392. The van der Waals surface area contributed by atoms with E-state index in [-0.39, 0.29) is 41.7 Å². The molecule has 0 saturated carbocycles. The van der Waals surface area contributed by atoms with Gasteiger partial charge in [0.1, 0.15) is 5.82 Å². The monoisotopic (exact) mass is 505 g/mol. The van der Waals surface area contributed by atoms with Crippen molar-refractivity contribution in [3.63, 3.8) is 0 Å². The van der Waals surface area contributed by atoms with Crippen LogP contribution in [0.5, 0.6) is 0 Å². The van der Waals surface area contributed by atoms with Gasteiger partial charge >= 0.3 is 0 Å². The second-order valence-corrected chi connectivity index (χ2v) is 7.19. The first-order valence-corrected chi connectivity index (χ1v) is 9.69. The summed E-state index contributed by atoms with van der Waals surface area (Å²) in [6, 6.07) is 6.93. The Morgan fingerprint density at radius 2 is 1.96 bits per heavy atom. The summed E-state index contributed by atoms with van der Waals surface area (Å²) in [7, 11) is 1.79. The van der Waals surface area contributed by atoms with Gasteiger partial charge in [-0.25, -0.2) is 4.39 Å². The van der Waals surface area contributed by atoms with Gasteiger partial charge in [-0.15, -0.1) is 24.0 Å². The number of guanidine groups is 1. The van der Waals surface area contributed by atoms with Crippen molar-refractivity contribution in [3.8, 4) is 0 Å². The second-order valence-electron chi connectivity index (χ2n) is 7.19. The van der Waals surface area contributed by atoms with Gasteiger partial charge < -0.3 is 15.5 Å². The van der Waals surface area contributed by atoms with Crippen LogP contribution in [0.1, 0.15) is 25.8 Å². The van der Waals surface area contributed by atoms with Crippen molar-refractivity contribution in [1.29, 1.82) is 0 Å². The van der Waals surface area contributed by atoms with E-state index in [9.17, 15) is 9.18 Å². The number of halogens is 2. The summed E-state index contributed by atoms with van der Waals surface area (Å²) in [6.07, 6.45) is 1.75. The standard InChI is InChI=1S/C20H32FN5O.HI/c1-16(2)24-19(27)15-25-10-12-26(13-11-25)20(22-3)23-9-5-7-17-6-4-8-18(21)14-17;/h4,6,8,14,16H,5,7,9-13,15H2,1-3H3,(H,22,23)(H,24,27);1H. The van der Waals surface area contributed by atoms with Crippen LogP contribution in [0.2, 0.25) is 0 Å². The van der Waals surface area contributed by atoms with Gasteiger partial charge in [-0.1, -0.05) is 12.1 Å². The molecule has 0 spiro atoms. The van der Waals surface area contributed by atoms with Gasteiger partial charge in [-0.3, -0.25) is 14.7 Å². The van der Waals surface area contributed by atoms with Crippen LogP contribution >= 0.6 is 24.0 Å². The van der Waals surface area contributed by atoms with Crippen LogP contribution in [0.4, 0.5) is 4.39 Å². The molecule has 1 aromatic carbocycles. The SMILES string of the molecule is CN=C(NCCCc1cccc(F)c1)N1CCN(CC(=O)NC(C)C)CC1.I. The second kappa shape index (κ2) is 12.9. The zero-order chi connectivity index (χ0) is 19.6. The average molecular weight is 505 g/mol. The Morgan fingerprint density at radius 3 is 2.57 bits per heavy atom. The van der Waals surface area contributed by atoms with Crippen molar-refractivity contribution in [2.75, 3.05) is 46.3 Å². The molecule has 0 bridgehead atoms. The summed E-state index contributed by atoms with van der Waals surface area (Å²) in [5.74, 6) is 0.787. The maximum absolute atomic E-state index is 13.2. The summed E-state index contributed by atoms with van der Waals surface area (Å²) in [6.45, 7) is 8.56. The number of nitrogens with zero attached hydrogens (tertiary/aromatic N) is 3. The zero-order valence-corrected chi connectivity index (χ0v) is 19.4. The highest BCUT2D eigenvalue weighted by atomic mass is 127. The molecule has 28 heavy (non-hydrogen) atoms. The van der Waals surface area contributed by atoms with Crippen LogP contribution in [-0.4, -0.2) is 74.0 Å².